The molecule has 69 heavy (non-hydrogen) atoms. The van der Waals surface area contributed by atoms with Gasteiger partial charge in [0.1, 0.15) is 30.8 Å². The number of carbonyl (C=O) groups is 6. The zero-order valence-corrected chi connectivity index (χ0v) is 40.9. The number of likely N-dealkylation sites (N-methyl/N-ethyl adjacent to an activating group) is 1. The van der Waals surface area contributed by atoms with E-state index in [1.165, 1.54) is 48.0 Å². The van der Waals surface area contributed by atoms with Crippen LogP contribution >= 0.6 is 0 Å². The standard InChI is InChI=1S/C53H72N8O8/c1-6-7-8-9-10-12-37-14-17-41(34(2)27-37)46(63)32-40(20-21-54)52(66)60(5)50-39-16-19-49(69-26-23-56)43(31-39)42-29-38(15-18-48(42)68-25-22-55)30-44(59-51(65)35(3)28-47(50)64)45(62)13-11-24-57-61-33-36(4)58-53(61)67/h14-19,24,27,29,31,35,40,44,50H,4,6-13,20-23,25-26,28,30,32-33,54-56H2,1-3,5H3,(H,58,67)(H,59,65)/b57-24+/t35-,40-,44+,50+/m1/s1. The number of rotatable bonds is 24. The van der Waals surface area contributed by atoms with Crippen molar-refractivity contribution in [1.29, 1.82) is 0 Å². The highest BCUT2D eigenvalue weighted by Gasteiger charge is 2.36. The number of fused-ring (bicyclic) bond motifs is 5. The fourth-order valence-corrected chi connectivity index (χ4v) is 8.89. The summed E-state index contributed by atoms with van der Waals surface area (Å²) in [5.74, 6) is -2.78. The Hall–Kier alpha value is -6.23. The number of ether oxygens (including phenoxy) is 2. The maximum Gasteiger partial charge on any atom is 0.342 e. The zero-order chi connectivity index (χ0) is 50.0. The van der Waals surface area contributed by atoms with Gasteiger partial charge in [-0.2, -0.15) is 5.10 Å². The molecule has 2 heterocycles. The van der Waals surface area contributed by atoms with E-state index in [1.54, 1.807) is 31.2 Å². The lowest BCUT2D eigenvalue weighted by Crippen LogP contribution is -2.46. The molecule has 0 aromatic heterocycles. The molecule has 0 spiro atoms. The quantitative estimate of drug-likeness (QED) is 0.0391. The lowest BCUT2D eigenvalue weighted by atomic mass is 9.87. The number of nitrogens with two attached hydrogens (primary N) is 3. The van der Waals surface area contributed by atoms with Crippen molar-refractivity contribution in [3.8, 4) is 22.6 Å². The van der Waals surface area contributed by atoms with E-state index < -0.39 is 47.5 Å². The van der Waals surface area contributed by atoms with Crippen LogP contribution in [0.3, 0.4) is 0 Å². The van der Waals surface area contributed by atoms with E-state index in [-0.39, 0.29) is 89.5 Å². The molecule has 0 radical (unpaired) electrons. The first kappa shape index (κ1) is 53.7. The van der Waals surface area contributed by atoms with E-state index in [0.717, 1.165) is 24.8 Å². The second kappa shape index (κ2) is 26.5. The van der Waals surface area contributed by atoms with Crippen molar-refractivity contribution < 1.29 is 38.2 Å². The minimum Gasteiger partial charge on any atom is -0.492 e. The summed E-state index contributed by atoms with van der Waals surface area (Å²) in [6.45, 7) is 10.6. The van der Waals surface area contributed by atoms with Gasteiger partial charge < -0.3 is 42.2 Å². The molecule has 2 aliphatic rings. The maximum absolute atomic E-state index is 14.8. The first-order valence-electron chi connectivity index (χ1n) is 24.4. The van der Waals surface area contributed by atoms with Gasteiger partial charge in [-0.1, -0.05) is 76.4 Å². The largest absolute Gasteiger partial charge is 0.492 e. The molecule has 3 aromatic carbocycles. The van der Waals surface area contributed by atoms with Crippen LogP contribution in [0.1, 0.15) is 117 Å². The normalized spacial score (nSPS) is 17.8. The molecule has 0 saturated carbocycles. The van der Waals surface area contributed by atoms with Gasteiger partial charge in [-0.3, -0.25) is 24.0 Å². The van der Waals surface area contributed by atoms with Gasteiger partial charge in [-0.25, -0.2) is 9.80 Å². The van der Waals surface area contributed by atoms with Gasteiger partial charge >= 0.3 is 6.03 Å². The lowest BCUT2D eigenvalue weighted by Gasteiger charge is -2.32. The number of nitrogens with one attached hydrogen (secondary N) is 2. The molecule has 5 rings (SSSR count). The van der Waals surface area contributed by atoms with Crippen LogP contribution in [0, 0.1) is 18.8 Å². The number of benzene rings is 3. The molecule has 0 unspecified atom stereocenters. The van der Waals surface area contributed by atoms with E-state index >= 15 is 0 Å². The van der Waals surface area contributed by atoms with Crippen LogP contribution in [0.5, 0.6) is 11.5 Å². The molecule has 2 aliphatic heterocycles. The Morgan fingerprint density at radius 3 is 2.26 bits per heavy atom. The molecule has 16 heteroatoms. The number of urea groups is 1. The van der Waals surface area contributed by atoms with Gasteiger partial charge in [0, 0.05) is 79.8 Å². The van der Waals surface area contributed by atoms with E-state index in [2.05, 4.69) is 29.2 Å². The van der Waals surface area contributed by atoms with Gasteiger partial charge in [0.2, 0.25) is 11.8 Å². The zero-order valence-electron chi connectivity index (χ0n) is 40.9. The van der Waals surface area contributed by atoms with Crippen LogP contribution < -0.4 is 37.3 Å². The highest BCUT2D eigenvalue weighted by molar-refractivity contribution is 6.01. The van der Waals surface area contributed by atoms with Crippen LogP contribution in [0.15, 0.2) is 72.0 Å². The van der Waals surface area contributed by atoms with Crippen molar-refractivity contribution in [3.63, 3.8) is 0 Å². The van der Waals surface area contributed by atoms with Crippen molar-refractivity contribution in [2.24, 2.45) is 34.1 Å². The average molecular weight is 949 g/mol. The van der Waals surface area contributed by atoms with Crippen LogP contribution in [-0.4, -0.2) is 104 Å². The van der Waals surface area contributed by atoms with E-state index in [4.69, 9.17) is 26.7 Å². The third-order valence-corrected chi connectivity index (χ3v) is 12.6. The molecule has 372 valence electrons. The van der Waals surface area contributed by atoms with Crippen LogP contribution in [0.25, 0.3) is 11.1 Å². The van der Waals surface area contributed by atoms with Gasteiger partial charge in [-0.15, -0.1) is 0 Å². The molecule has 0 aliphatic carbocycles. The number of Topliss-reactive ketones (excluding diaryl/α,β-unsaturated/α-hetero) is 3. The fourth-order valence-electron chi connectivity index (χ4n) is 8.89. The van der Waals surface area contributed by atoms with Crippen molar-refractivity contribution in [1.82, 2.24) is 20.5 Å². The monoisotopic (exact) mass is 949 g/mol. The second-order valence-electron chi connectivity index (χ2n) is 18.2. The van der Waals surface area contributed by atoms with Crippen LogP contribution in [0.2, 0.25) is 0 Å². The molecule has 3 aromatic rings. The predicted molar refractivity (Wildman–Crippen MR) is 268 cm³/mol. The highest BCUT2D eigenvalue weighted by Crippen LogP contribution is 2.41. The summed E-state index contributed by atoms with van der Waals surface area (Å²) in [7, 11) is 1.53. The molecular formula is C53H72N8O8. The van der Waals surface area contributed by atoms with E-state index in [9.17, 15) is 28.8 Å². The van der Waals surface area contributed by atoms with E-state index in [1.807, 2.05) is 37.3 Å². The van der Waals surface area contributed by atoms with Crippen LogP contribution in [-0.2, 0) is 32.0 Å². The second-order valence-corrected chi connectivity index (χ2v) is 18.2. The van der Waals surface area contributed by atoms with Crippen molar-refractivity contribution in [2.45, 2.75) is 110 Å². The highest BCUT2D eigenvalue weighted by atomic mass is 16.5. The van der Waals surface area contributed by atoms with E-state index in [0.29, 0.717) is 45.0 Å². The Morgan fingerprint density at radius 2 is 1.61 bits per heavy atom. The molecular weight excluding hydrogens is 877 g/mol. The van der Waals surface area contributed by atoms with Crippen molar-refractivity contribution in [3.05, 3.63) is 94.7 Å². The smallest absolute Gasteiger partial charge is 0.342 e. The molecule has 1 saturated heterocycles. The number of hydrazone groups is 1. The number of amides is 4. The number of hydrogen-bond donors (Lipinski definition) is 5. The summed E-state index contributed by atoms with van der Waals surface area (Å²) in [4.78, 5) is 85.1. The number of nitrogens with zero attached hydrogens (tertiary/aromatic N) is 3. The van der Waals surface area contributed by atoms with Crippen molar-refractivity contribution in [2.75, 3.05) is 46.4 Å². The summed E-state index contributed by atoms with van der Waals surface area (Å²) in [5, 5.41) is 10.9. The molecule has 4 bridgehead atoms. The topological polar surface area (TPSA) is 242 Å². The number of hydrogen-bond acceptors (Lipinski definition) is 12. The predicted octanol–water partition coefficient (Wildman–Crippen LogP) is 6.10. The first-order valence-corrected chi connectivity index (χ1v) is 24.4. The Kier molecular flexibility index (Phi) is 20.6. The SMILES string of the molecule is C=C1CN(/N=C/CCC(=O)[C@@H]2Cc3ccc(OCCN)c(c3)-c3cc(ccc3OCCN)[C@H](N(C)C(=O)[C@H](CCN)CC(=O)c3ccc(CCCCCCC)cc3C)C(=O)C[C@@H](C)C(=O)N2)C(=O)N1. The van der Waals surface area contributed by atoms with Gasteiger partial charge in [0.05, 0.1) is 12.6 Å². The average Bonchev–Trinajstić information content (AvgIpc) is 3.66. The molecule has 16 nitrogen and oxygen atoms in total. The Balaban J connectivity index is 1.50. The Labute approximate surface area is 406 Å². The summed E-state index contributed by atoms with van der Waals surface area (Å²) in [5.41, 5.74) is 23.1. The van der Waals surface area contributed by atoms with Crippen molar-refractivity contribution >= 4 is 41.4 Å². The minimum absolute atomic E-state index is 0.00659. The third kappa shape index (κ3) is 14.9. The van der Waals surface area contributed by atoms with Gasteiger partial charge in [0.15, 0.2) is 17.3 Å². The summed E-state index contributed by atoms with van der Waals surface area (Å²) in [6.07, 6.45) is 8.31. The number of carbonyl (C=O) groups excluding carboxylic acids is 6. The maximum atomic E-state index is 14.8. The summed E-state index contributed by atoms with van der Waals surface area (Å²) < 4.78 is 12.3. The molecule has 4 amide bonds. The number of ketones is 3. The Morgan fingerprint density at radius 1 is 0.913 bits per heavy atom. The van der Waals surface area contributed by atoms with Gasteiger partial charge in [0.25, 0.3) is 0 Å². The first-order chi connectivity index (χ1) is 33.2. The fraction of sp³-hybridized carbons (Fsp3) is 0.491. The summed E-state index contributed by atoms with van der Waals surface area (Å²) in [6, 6.07) is 13.9. The lowest BCUT2D eigenvalue weighted by molar-refractivity contribution is -0.142. The van der Waals surface area contributed by atoms with Gasteiger partial charge in [-0.05, 0) is 92.1 Å². The Bertz CT molecular complexity index is 2350. The number of unbranched alkanes of at least 4 members (excludes halogenated alkanes) is 4. The molecule has 1 fully saturated rings. The molecule has 4 atom stereocenters. The summed E-state index contributed by atoms with van der Waals surface area (Å²) >= 11 is 0. The van der Waals surface area contributed by atoms with Crippen LogP contribution in [0.4, 0.5) is 4.79 Å². The molecule has 8 N–H and O–H groups in total. The minimum atomic E-state index is -1.21. The third-order valence-electron chi connectivity index (χ3n) is 12.6. The number of aryl methyl sites for hydroxylation is 2.